The van der Waals surface area contributed by atoms with E-state index < -0.39 is 10.0 Å². The molecule has 0 amide bonds. The molecule has 124 valence electrons. The largest absolute Gasteiger partial charge is 0.469 e. The fourth-order valence-corrected chi connectivity index (χ4v) is 4.52. The minimum Gasteiger partial charge on any atom is -0.469 e. The molecule has 0 spiro atoms. The molecule has 2 aromatic rings. The lowest BCUT2D eigenvalue weighted by atomic mass is 10.2. The van der Waals surface area contributed by atoms with Crippen LogP contribution in [0.1, 0.15) is 21.7 Å². The number of hydrogen-bond donors (Lipinski definition) is 1. The van der Waals surface area contributed by atoms with Gasteiger partial charge in [0.25, 0.3) is 10.0 Å². The van der Waals surface area contributed by atoms with E-state index >= 15 is 0 Å². The minimum atomic E-state index is -3.72. The maximum Gasteiger partial charge on any atom is 0.310 e. The summed E-state index contributed by atoms with van der Waals surface area (Å²) in [6.07, 6.45) is 0.0747. The molecule has 0 bridgehead atoms. The molecule has 0 saturated carbocycles. The van der Waals surface area contributed by atoms with Crippen molar-refractivity contribution in [2.45, 2.75) is 32.1 Å². The average molecular weight is 354 g/mol. The van der Waals surface area contributed by atoms with Crippen LogP contribution < -0.4 is 4.72 Å². The van der Waals surface area contributed by atoms with E-state index in [-0.39, 0.29) is 22.4 Å². The lowest BCUT2D eigenvalue weighted by molar-refractivity contribution is -0.139. The van der Waals surface area contributed by atoms with Gasteiger partial charge in [0.1, 0.15) is 0 Å². The molecule has 0 aliphatic carbocycles. The molecule has 1 N–H and O–H groups in total. The van der Waals surface area contributed by atoms with Crippen molar-refractivity contribution in [2.75, 3.05) is 11.8 Å². The Hall–Kier alpha value is -1.93. The van der Waals surface area contributed by atoms with Crippen LogP contribution >= 0.6 is 11.3 Å². The third-order valence-electron chi connectivity index (χ3n) is 3.27. The number of carbonyl (C=O) groups is 1. The first-order valence-electron chi connectivity index (χ1n) is 6.86. The van der Waals surface area contributed by atoms with Crippen LogP contribution in [-0.4, -0.2) is 26.5 Å². The number of carbonyl (C=O) groups excluding carboxylic acids is 1. The predicted molar refractivity (Wildman–Crippen MR) is 89.3 cm³/mol. The van der Waals surface area contributed by atoms with Crippen molar-refractivity contribution in [3.8, 4) is 0 Å². The van der Waals surface area contributed by atoms with Crippen LogP contribution in [-0.2, 0) is 26.0 Å². The molecule has 0 aliphatic rings. The topological polar surface area (TPSA) is 85.4 Å². The van der Waals surface area contributed by atoms with Crippen LogP contribution in [0.3, 0.4) is 0 Å². The maximum atomic E-state index is 12.5. The second-order valence-corrected chi connectivity index (χ2v) is 7.89. The lowest BCUT2D eigenvalue weighted by Gasteiger charge is -2.08. The first kappa shape index (κ1) is 17.4. The van der Waals surface area contributed by atoms with E-state index in [1.807, 2.05) is 13.0 Å². The zero-order valence-corrected chi connectivity index (χ0v) is 15.0. The molecule has 0 saturated heterocycles. The number of esters is 1. The van der Waals surface area contributed by atoms with E-state index in [0.717, 1.165) is 16.9 Å². The molecule has 6 nitrogen and oxygen atoms in total. The fourth-order valence-electron chi connectivity index (χ4n) is 2.11. The van der Waals surface area contributed by atoms with Gasteiger partial charge in [0.05, 0.1) is 24.1 Å². The van der Waals surface area contributed by atoms with Crippen molar-refractivity contribution in [3.63, 3.8) is 0 Å². The number of benzene rings is 1. The summed E-state index contributed by atoms with van der Waals surface area (Å²) in [6, 6.07) is 5.13. The van der Waals surface area contributed by atoms with Gasteiger partial charge in [0.15, 0.2) is 5.13 Å². The molecule has 0 fully saturated rings. The number of aromatic nitrogens is 1. The Morgan fingerprint density at radius 2 is 2.00 bits per heavy atom. The number of rotatable bonds is 5. The van der Waals surface area contributed by atoms with Gasteiger partial charge in [0.2, 0.25) is 0 Å². The normalized spacial score (nSPS) is 11.3. The predicted octanol–water partition coefficient (Wildman–Crippen LogP) is 2.58. The highest BCUT2D eigenvalue weighted by molar-refractivity contribution is 7.93. The number of methoxy groups -OCH3 is 1. The van der Waals surface area contributed by atoms with Crippen LogP contribution in [0.5, 0.6) is 0 Å². The fraction of sp³-hybridized carbons (Fsp3) is 0.333. The summed E-state index contributed by atoms with van der Waals surface area (Å²) < 4.78 is 32.1. The van der Waals surface area contributed by atoms with Gasteiger partial charge in [-0.1, -0.05) is 17.7 Å². The van der Waals surface area contributed by atoms with Crippen molar-refractivity contribution in [1.29, 1.82) is 0 Å². The summed E-state index contributed by atoms with van der Waals surface area (Å²) in [5.41, 5.74) is 2.27. The van der Waals surface area contributed by atoms with Crippen LogP contribution in [0.15, 0.2) is 23.1 Å². The molecule has 2 rings (SSSR count). The highest BCUT2D eigenvalue weighted by Crippen LogP contribution is 2.26. The summed E-state index contributed by atoms with van der Waals surface area (Å²) in [6.45, 7) is 5.38. The van der Waals surface area contributed by atoms with Gasteiger partial charge in [-0.05, 0) is 32.4 Å². The Bertz CT molecular complexity index is 841. The summed E-state index contributed by atoms with van der Waals surface area (Å²) in [4.78, 5) is 16.4. The van der Waals surface area contributed by atoms with E-state index in [0.29, 0.717) is 16.1 Å². The van der Waals surface area contributed by atoms with E-state index in [2.05, 4.69) is 14.4 Å². The number of thiazole rings is 1. The van der Waals surface area contributed by atoms with Gasteiger partial charge in [-0.3, -0.25) is 9.52 Å². The van der Waals surface area contributed by atoms with E-state index in [1.54, 1.807) is 26.0 Å². The molecule has 0 aliphatic heterocycles. The highest BCUT2D eigenvalue weighted by atomic mass is 32.2. The second kappa shape index (κ2) is 6.67. The monoisotopic (exact) mass is 354 g/mol. The molecule has 8 heteroatoms. The van der Waals surface area contributed by atoms with E-state index in [4.69, 9.17) is 0 Å². The Morgan fingerprint density at radius 3 is 2.61 bits per heavy atom. The van der Waals surface area contributed by atoms with Crippen molar-refractivity contribution in [3.05, 3.63) is 39.9 Å². The number of sulfonamides is 1. The van der Waals surface area contributed by atoms with Crippen molar-refractivity contribution >= 4 is 32.5 Å². The number of hydrogen-bond acceptors (Lipinski definition) is 6. The van der Waals surface area contributed by atoms with Crippen molar-refractivity contribution in [1.82, 2.24) is 4.98 Å². The van der Waals surface area contributed by atoms with Crippen LogP contribution in [0.4, 0.5) is 5.13 Å². The van der Waals surface area contributed by atoms with E-state index in [1.165, 1.54) is 7.11 Å². The average Bonchev–Trinajstić information content (AvgIpc) is 2.77. The third kappa shape index (κ3) is 4.08. The summed E-state index contributed by atoms with van der Waals surface area (Å²) >= 11 is 1.13. The quantitative estimate of drug-likeness (QED) is 0.834. The van der Waals surface area contributed by atoms with Crippen molar-refractivity contribution < 1.29 is 17.9 Å². The number of nitrogens with zero attached hydrogens (tertiary/aromatic N) is 1. The summed E-state index contributed by atoms with van der Waals surface area (Å²) in [7, 11) is -2.41. The molecule has 1 heterocycles. The molecule has 23 heavy (non-hydrogen) atoms. The molecule has 0 radical (unpaired) electrons. The number of aryl methyl sites for hydroxylation is 3. The maximum absolute atomic E-state index is 12.5. The number of anilines is 1. The van der Waals surface area contributed by atoms with Crippen LogP contribution in [0.25, 0.3) is 0 Å². The summed E-state index contributed by atoms with van der Waals surface area (Å²) in [5.74, 6) is -0.388. The Kier molecular flexibility index (Phi) is 5.06. The van der Waals surface area contributed by atoms with Crippen molar-refractivity contribution in [2.24, 2.45) is 0 Å². The summed E-state index contributed by atoms with van der Waals surface area (Å²) in [5, 5.41) is 0.237. The first-order valence-corrected chi connectivity index (χ1v) is 9.16. The van der Waals surface area contributed by atoms with Gasteiger partial charge >= 0.3 is 5.97 Å². The molecule has 0 unspecified atom stereocenters. The van der Waals surface area contributed by atoms with Gasteiger partial charge < -0.3 is 4.74 Å². The SMILES string of the molecule is COC(=O)Cc1sc(NS(=O)(=O)c2ccc(C)cc2C)nc1C. The highest BCUT2D eigenvalue weighted by Gasteiger charge is 2.20. The zero-order valence-electron chi connectivity index (χ0n) is 13.3. The zero-order chi connectivity index (χ0) is 17.2. The standard InChI is InChI=1S/C15H18N2O4S2/c1-9-5-6-13(10(2)7-9)23(19,20)17-15-16-11(3)12(22-15)8-14(18)21-4/h5-7H,8H2,1-4H3,(H,16,17). The molecule has 0 atom stereocenters. The van der Waals surface area contributed by atoms with Gasteiger partial charge in [-0.15, -0.1) is 11.3 Å². The Morgan fingerprint density at radius 1 is 1.30 bits per heavy atom. The Balaban J connectivity index is 2.27. The lowest BCUT2D eigenvalue weighted by Crippen LogP contribution is -2.14. The van der Waals surface area contributed by atoms with Gasteiger partial charge in [-0.2, -0.15) is 0 Å². The molecule has 1 aromatic carbocycles. The van der Waals surface area contributed by atoms with Crippen LogP contribution in [0, 0.1) is 20.8 Å². The van der Waals surface area contributed by atoms with Gasteiger partial charge in [-0.25, -0.2) is 13.4 Å². The first-order chi connectivity index (χ1) is 10.7. The minimum absolute atomic E-state index is 0.0747. The Labute approximate surface area is 139 Å². The van der Waals surface area contributed by atoms with Gasteiger partial charge in [0, 0.05) is 4.88 Å². The molecular weight excluding hydrogens is 336 g/mol. The second-order valence-electron chi connectivity index (χ2n) is 5.15. The van der Waals surface area contributed by atoms with Crippen LogP contribution in [0.2, 0.25) is 0 Å². The molecule has 1 aromatic heterocycles. The smallest absolute Gasteiger partial charge is 0.310 e. The number of nitrogens with one attached hydrogen (secondary N) is 1. The molecular formula is C15H18N2O4S2. The third-order valence-corrected chi connectivity index (χ3v) is 5.97. The number of ether oxygens (including phenoxy) is 1. The van der Waals surface area contributed by atoms with E-state index in [9.17, 15) is 13.2 Å².